The number of hydrogen-bond donors (Lipinski definition) is 3. The lowest BCUT2D eigenvalue weighted by molar-refractivity contribution is -0.143. The van der Waals surface area contributed by atoms with Gasteiger partial charge in [0.2, 0.25) is 0 Å². The van der Waals surface area contributed by atoms with E-state index in [0.29, 0.717) is 19.4 Å². The number of piperidine rings is 1. The standard InChI is InChI=1S/C11H13N3O5/c15-8-4-7(12-11(19)13-8)9(16)14-3-1-2-6(5-14)10(17)18/h4,6H,1-3,5H2,(H,17,18)(H2,12,13,15,19)/t6-/m1/s1. The van der Waals surface area contributed by atoms with E-state index >= 15 is 0 Å². The molecule has 0 aliphatic carbocycles. The van der Waals surface area contributed by atoms with E-state index in [1.165, 1.54) is 4.90 Å². The Kier molecular flexibility index (Phi) is 3.50. The Morgan fingerprint density at radius 3 is 2.68 bits per heavy atom. The highest BCUT2D eigenvalue weighted by molar-refractivity contribution is 5.92. The molecule has 102 valence electrons. The zero-order valence-electron chi connectivity index (χ0n) is 10.0. The summed E-state index contributed by atoms with van der Waals surface area (Å²) in [5, 5.41) is 8.95. The average molecular weight is 267 g/mol. The molecule has 0 radical (unpaired) electrons. The molecule has 1 aromatic rings. The number of H-pyrrole nitrogens is 2. The highest BCUT2D eigenvalue weighted by Gasteiger charge is 2.29. The number of carbonyl (C=O) groups is 2. The predicted molar refractivity (Wildman–Crippen MR) is 63.9 cm³/mol. The number of hydrogen-bond acceptors (Lipinski definition) is 4. The van der Waals surface area contributed by atoms with Gasteiger partial charge in [-0.05, 0) is 12.8 Å². The number of aromatic amines is 2. The minimum absolute atomic E-state index is 0.0863. The van der Waals surface area contributed by atoms with Crippen LogP contribution >= 0.6 is 0 Å². The van der Waals surface area contributed by atoms with E-state index in [1.807, 2.05) is 4.98 Å². The Balaban J connectivity index is 2.21. The van der Waals surface area contributed by atoms with Crippen molar-refractivity contribution in [3.8, 4) is 0 Å². The van der Waals surface area contributed by atoms with Crippen LogP contribution < -0.4 is 11.2 Å². The summed E-state index contributed by atoms with van der Waals surface area (Å²) < 4.78 is 0. The third kappa shape index (κ3) is 2.90. The number of aliphatic carboxylic acids is 1. The van der Waals surface area contributed by atoms with E-state index in [9.17, 15) is 19.2 Å². The van der Waals surface area contributed by atoms with Crippen LogP contribution in [0.25, 0.3) is 0 Å². The molecule has 19 heavy (non-hydrogen) atoms. The van der Waals surface area contributed by atoms with E-state index in [0.717, 1.165) is 6.07 Å². The summed E-state index contributed by atoms with van der Waals surface area (Å²) in [6, 6.07) is 0.994. The van der Waals surface area contributed by atoms with Crippen molar-refractivity contribution in [3.05, 3.63) is 32.6 Å². The van der Waals surface area contributed by atoms with Gasteiger partial charge in [0.25, 0.3) is 11.5 Å². The van der Waals surface area contributed by atoms with E-state index < -0.39 is 29.0 Å². The number of carboxylic acids is 1. The molecule has 3 N–H and O–H groups in total. The fraction of sp³-hybridized carbons (Fsp3) is 0.455. The Hall–Kier alpha value is -2.38. The van der Waals surface area contributed by atoms with Crippen LogP contribution in [0.1, 0.15) is 23.3 Å². The summed E-state index contributed by atoms with van der Waals surface area (Å²) in [6.45, 7) is 0.500. The molecule has 1 atom stereocenters. The predicted octanol–water partition coefficient (Wildman–Crippen LogP) is -1.000. The molecule has 1 aliphatic heterocycles. The minimum atomic E-state index is -0.947. The van der Waals surface area contributed by atoms with Crippen molar-refractivity contribution in [3.63, 3.8) is 0 Å². The van der Waals surface area contributed by atoms with Gasteiger partial charge < -0.3 is 15.0 Å². The summed E-state index contributed by atoms with van der Waals surface area (Å²) >= 11 is 0. The quantitative estimate of drug-likeness (QED) is 0.634. The summed E-state index contributed by atoms with van der Waals surface area (Å²) in [5.74, 6) is -2.09. The smallest absolute Gasteiger partial charge is 0.326 e. The highest BCUT2D eigenvalue weighted by Crippen LogP contribution is 2.17. The molecule has 2 rings (SSSR count). The molecule has 0 spiro atoms. The van der Waals surface area contributed by atoms with Crippen LogP contribution in [0.2, 0.25) is 0 Å². The molecule has 8 nitrogen and oxygen atoms in total. The van der Waals surface area contributed by atoms with Gasteiger partial charge in [0.05, 0.1) is 5.92 Å². The van der Waals surface area contributed by atoms with E-state index in [-0.39, 0.29) is 12.2 Å². The van der Waals surface area contributed by atoms with Gasteiger partial charge in [-0.3, -0.25) is 19.4 Å². The first-order valence-corrected chi connectivity index (χ1v) is 5.83. The van der Waals surface area contributed by atoms with Gasteiger partial charge >= 0.3 is 11.7 Å². The topological polar surface area (TPSA) is 123 Å². The van der Waals surface area contributed by atoms with E-state index in [4.69, 9.17) is 5.11 Å². The Morgan fingerprint density at radius 1 is 1.32 bits per heavy atom. The third-order valence-electron chi connectivity index (χ3n) is 3.05. The van der Waals surface area contributed by atoms with Crippen LogP contribution in [0.15, 0.2) is 15.7 Å². The van der Waals surface area contributed by atoms with Crippen molar-refractivity contribution in [2.75, 3.05) is 13.1 Å². The SMILES string of the molecule is O=C(O)[C@@H]1CCCN(C(=O)c2cc(=O)[nH]c(=O)[nH]2)C1. The summed E-state index contributed by atoms with van der Waals surface area (Å²) in [5.41, 5.74) is -1.55. The van der Waals surface area contributed by atoms with Crippen molar-refractivity contribution < 1.29 is 14.7 Å². The molecule has 0 saturated carbocycles. The monoisotopic (exact) mass is 267 g/mol. The van der Waals surface area contributed by atoms with Crippen LogP contribution in [0.3, 0.4) is 0 Å². The first kappa shape index (κ1) is 13.1. The van der Waals surface area contributed by atoms with Gasteiger partial charge in [-0.2, -0.15) is 0 Å². The molecule has 1 aromatic heterocycles. The van der Waals surface area contributed by atoms with Crippen molar-refractivity contribution in [2.24, 2.45) is 5.92 Å². The second kappa shape index (κ2) is 5.09. The summed E-state index contributed by atoms with van der Waals surface area (Å²) in [7, 11) is 0. The van der Waals surface area contributed by atoms with Gasteiger partial charge in [-0.1, -0.05) is 0 Å². The fourth-order valence-electron chi connectivity index (χ4n) is 2.12. The van der Waals surface area contributed by atoms with Gasteiger partial charge in [-0.25, -0.2) is 4.79 Å². The van der Waals surface area contributed by atoms with Crippen LogP contribution in [0.5, 0.6) is 0 Å². The molecular weight excluding hydrogens is 254 g/mol. The zero-order chi connectivity index (χ0) is 14.0. The maximum Gasteiger partial charge on any atom is 0.326 e. The number of carbonyl (C=O) groups excluding carboxylic acids is 1. The van der Waals surface area contributed by atoms with Gasteiger partial charge in [-0.15, -0.1) is 0 Å². The van der Waals surface area contributed by atoms with Gasteiger partial charge in [0, 0.05) is 19.2 Å². The molecular formula is C11H13N3O5. The normalized spacial score (nSPS) is 19.2. The third-order valence-corrected chi connectivity index (χ3v) is 3.05. The van der Waals surface area contributed by atoms with E-state index in [2.05, 4.69) is 4.98 Å². The molecule has 0 bridgehead atoms. The first-order valence-electron chi connectivity index (χ1n) is 5.83. The number of rotatable bonds is 2. The molecule has 2 heterocycles. The molecule has 1 fully saturated rings. The lowest BCUT2D eigenvalue weighted by atomic mass is 9.98. The minimum Gasteiger partial charge on any atom is -0.481 e. The number of amides is 1. The molecule has 1 amide bonds. The van der Waals surface area contributed by atoms with Crippen molar-refractivity contribution >= 4 is 11.9 Å². The first-order chi connectivity index (χ1) is 8.97. The lowest BCUT2D eigenvalue weighted by Gasteiger charge is -2.30. The van der Waals surface area contributed by atoms with Crippen LogP contribution in [0.4, 0.5) is 0 Å². The van der Waals surface area contributed by atoms with Gasteiger partial charge in [0.15, 0.2) is 0 Å². The molecule has 0 unspecified atom stereocenters. The number of carboxylic acid groups (broad SMARTS) is 1. The van der Waals surface area contributed by atoms with Crippen molar-refractivity contribution in [1.29, 1.82) is 0 Å². The zero-order valence-corrected chi connectivity index (χ0v) is 10.0. The molecule has 8 heteroatoms. The number of aromatic nitrogens is 2. The Labute approximate surface area is 107 Å². The average Bonchev–Trinajstić information content (AvgIpc) is 2.37. The number of likely N-dealkylation sites (tertiary alicyclic amines) is 1. The molecule has 0 aromatic carbocycles. The number of nitrogens with zero attached hydrogens (tertiary/aromatic N) is 1. The van der Waals surface area contributed by atoms with Crippen molar-refractivity contribution in [2.45, 2.75) is 12.8 Å². The fourth-order valence-corrected chi connectivity index (χ4v) is 2.12. The molecule has 1 saturated heterocycles. The largest absolute Gasteiger partial charge is 0.481 e. The van der Waals surface area contributed by atoms with Crippen LogP contribution in [-0.2, 0) is 4.79 Å². The lowest BCUT2D eigenvalue weighted by Crippen LogP contribution is -2.43. The van der Waals surface area contributed by atoms with Crippen LogP contribution in [-0.4, -0.2) is 44.9 Å². The summed E-state index contributed by atoms with van der Waals surface area (Å²) in [4.78, 5) is 50.8. The highest BCUT2D eigenvalue weighted by atomic mass is 16.4. The maximum absolute atomic E-state index is 12.1. The molecule has 1 aliphatic rings. The maximum atomic E-state index is 12.1. The van der Waals surface area contributed by atoms with E-state index in [1.54, 1.807) is 0 Å². The second-order valence-corrected chi connectivity index (χ2v) is 4.43. The number of nitrogens with one attached hydrogen (secondary N) is 2. The van der Waals surface area contributed by atoms with Crippen molar-refractivity contribution in [1.82, 2.24) is 14.9 Å². The van der Waals surface area contributed by atoms with Crippen LogP contribution in [0, 0.1) is 5.92 Å². The van der Waals surface area contributed by atoms with Gasteiger partial charge in [0.1, 0.15) is 5.69 Å². The Morgan fingerprint density at radius 2 is 2.05 bits per heavy atom. The Bertz CT molecular complexity index is 589. The summed E-state index contributed by atoms with van der Waals surface area (Å²) in [6.07, 6.45) is 1.10. The second-order valence-electron chi connectivity index (χ2n) is 4.43.